The highest BCUT2D eigenvalue weighted by Crippen LogP contribution is 1.92. The molecule has 1 heterocycles. The molecule has 3 nitrogen and oxygen atoms in total. The monoisotopic (exact) mass is 167 g/mol. The number of aromatic nitrogens is 1. The zero-order valence-electron chi connectivity index (χ0n) is 7.10. The molecule has 0 fully saturated rings. The Kier molecular flexibility index (Phi) is 3.05. The molecule has 1 aromatic rings. The number of hydrogen-bond donors (Lipinski definition) is 1. The standard InChI is InChI=1S/C9H13NO2/c1-8(11)5-7-10-6-3-2-4-9(10)12/h2-4,6,8,11H,5,7H2,1H3. The molecule has 0 radical (unpaired) electrons. The lowest BCUT2D eigenvalue weighted by molar-refractivity contribution is 0.177. The highest BCUT2D eigenvalue weighted by atomic mass is 16.3. The van der Waals surface area contributed by atoms with Crippen LogP contribution in [0.3, 0.4) is 0 Å². The van der Waals surface area contributed by atoms with Gasteiger partial charge in [-0.05, 0) is 19.4 Å². The zero-order valence-corrected chi connectivity index (χ0v) is 7.10. The number of rotatable bonds is 3. The van der Waals surface area contributed by atoms with Crippen LogP contribution in [0.5, 0.6) is 0 Å². The lowest BCUT2D eigenvalue weighted by Crippen LogP contribution is -2.19. The van der Waals surface area contributed by atoms with Gasteiger partial charge in [-0.25, -0.2) is 0 Å². The fourth-order valence-electron chi connectivity index (χ4n) is 0.971. The van der Waals surface area contributed by atoms with E-state index in [1.807, 2.05) is 6.07 Å². The van der Waals surface area contributed by atoms with Crippen molar-refractivity contribution in [3.63, 3.8) is 0 Å². The van der Waals surface area contributed by atoms with E-state index in [1.165, 1.54) is 6.07 Å². The van der Waals surface area contributed by atoms with Crippen LogP contribution in [0.2, 0.25) is 0 Å². The molecule has 1 atom stereocenters. The van der Waals surface area contributed by atoms with Crippen LogP contribution in [0, 0.1) is 0 Å². The summed E-state index contributed by atoms with van der Waals surface area (Å²) in [5, 5.41) is 8.99. The molecule has 1 aromatic heterocycles. The second kappa shape index (κ2) is 4.07. The first-order chi connectivity index (χ1) is 5.70. The molecule has 0 aliphatic carbocycles. The van der Waals surface area contributed by atoms with Gasteiger partial charge in [-0.3, -0.25) is 4.79 Å². The molecule has 0 aliphatic rings. The minimum Gasteiger partial charge on any atom is -0.393 e. The highest BCUT2D eigenvalue weighted by molar-refractivity contribution is 4.92. The molecule has 0 spiro atoms. The van der Waals surface area contributed by atoms with E-state index in [-0.39, 0.29) is 11.7 Å². The summed E-state index contributed by atoms with van der Waals surface area (Å²) in [6.45, 7) is 2.30. The lowest BCUT2D eigenvalue weighted by Gasteiger charge is -2.05. The van der Waals surface area contributed by atoms with Gasteiger partial charge in [0, 0.05) is 18.8 Å². The van der Waals surface area contributed by atoms with Crippen LogP contribution in [0.15, 0.2) is 29.2 Å². The summed E-state index contributed by atoms with van der Waals surface area (Å²) in [7, 11) is 0. The summed E-state index contributed by atoms with van der Waals surface area (Å²) in [6, 6.07) is 5.03. The van der Waals surface area contributed by atoms with Crippen LogP contribution in [-0.2, 0) is 6.54 Å². The molecule has 0 saturated heterocycles. The Hall–Kier alpha value is -1.09. The van der Waals surface area contributed by atoms with Crippen molar-refractivity contribution in [2.24, 2.45) is 0 Å². The average molecular weight is 167 g/mol. The summed E-state index contributed by atoms with van der Waals surface area (Å²) in [6.07, 6.45) is 1.99. The van der Waals surface area contributed by atoms with Gasteiger partial charge < -0.3 is 9.67 Å². The van der Waals surface area contributed by atoms with Crippen molar-refractivity contribution in [2.45, 2.75) is 26.0 Å². The summed E-state index contributed by atoms with van der Waals surface area (Å²) < 4.78 is 1.59. The molecule has 1 unspecified atom stereocenters. The number of aryl methyl sites for hydroxylation is 1. The first-order valence-corrected chi connectivity index (χ1v) is 4.03. The first-order valence-electron chi connectivity index (χ1n) is 4.03. The van der Waals surface area contributed by atoms with Crippen LogP contribution < -0.4 is 5.56 Å². The molecular weight excluding hydrogens is 154 g/mol. The SMILES string of the molecule is CC(O)CCn1ccccc1=O. The van der Waals surface area contributed by atoms with Gasteiger partial charge in [0.05, 0.1) is 6.10 Å². The van der Waals surface area contributed by atoms with E-state index in [1.54, 1.807) is 23.8 Å². The molecule has 1 N–H and O–H groups in total. The van der Waals surface area contributed by atoms with Crippen LogP contribution in [0.1, 0.15) is 13.3 Å². The summed E-state index contributed by atoms with van der Waals surface area (Å²) in [5.41, 5.74) is -0.0156. The van der Waals surface area contributed by atoms with E-state index in [0.717, 1.165) is 0 Å². The van der Waals surface area contributed by atoms with E-state index in [9.17, 15) is 4.79 Å². The maximum atomic E-state index is 11.1. The Morgan fingerprint density at radius 3 is 2.92 bits per heavy atom. The van der Waals surface area contributed by atoms with Crippen LogP contribution >= 0.6 is 0 Å². The Morgan fingerprint density at radius 1 is 1.58 bits per heavy atom. The summed E-state index contributed by atoms with van der Waals surface area (Å²) in [5.74, 6) is 0. The molecule has 0 bridgehead atoms. The number of hydrogen-bond acceptors (Lipinski definition) is 2. The fraction of sp³-hybridized carbons (Fsp3) is 0.444. The normalized spacial score (nSPS) is 12.8. The molecule has 0 amide bonds. The van der Waals surface area contributed by atoms with Gasteiger partial charge in [0.2, 0.25) is 5.56 Å². The zero-order chi connectivity index (χ0) is 8.97. The van der Waals surface area contributed by atoms with E-state index >= 15 is 0 Å². The Labute approximate surface area is 71.3 Å². The van der Waals surface area contributed by atoms with Crippen LogP contribution in [0.25, 0.3) is 0 Å². The van der Waals surface area contributed by atoms with Crippen molar-refractivity contribution >= 4 is 0 Å². The molecule has 3 heteroatoms. The third-order valence-electron chi connectivity index (χ3n) is 1.69. The third-order valence-corrected chi connectivity index (χ3v) is 1.69. The van der Waals surface area contributed by atoms with Gasteiger partial charge in [0.25, 0.3) is 0 Å². The molecule has 0 saturated carbocycles. The Morgan fingerprint density at radius 2 is 2.33 bits per heavy atom. The van der Waals surface area contributed by atoms with Gasteiger partial charge >= 0.3 is 0 Å². The van der Waals surface area contributed by atoms with Crippen molar-refractivity contribution in [3.8, 4) is 0 Å². The third kappa shape index (κ3) is 2.51. The lowest BCUT2D eigenvalue weighted by atomic mass is 10.3. The van der Waals surface area contributed by atoms with E-state index in [0.29, 0.717) is 13.0 Å². The predicted octanol–water partition coefficient (Wildman–Crippen LogP) is 0.619. The number of nitrogens with zero attached hydrogens (tertiary/aromatic N) is 1. The minimum atomic E-state index is -0.350. The van der Waals surface area contributed by atoms with Crippen molar-refractivity contribution in [1.29, 1.82) is 0 Å². The molecule has 0 aliphatic heterocycles. The minimum absolute atomic E-state index is 0.0156. The topological polar surface area (TPSA) is 42.2 Å². The van der Waals surface area contributed by atoms with E-state index in [4.69, 9.17) is 5.11 Å². The van der Waals surface area contributed by atoms with Crippen molar-refractivity contribution < 1.29 is 5.11 Å². The van der Waals surface area contributed by atoms with Gasteiger partial charge in [0.1, 0.15) is 0 Å². The summed E-state index contributed by atoms with van der Waals surface area (Å²) >= 11 is 0. The quantitative estimate of drug-likeness (QED) is 0.717. The average Bonchev–Trinajstić information content (AvgIpc) is 2.03. The second-order valence-electron chi connectivity index (χ2n) is 2.87. The largest absolute Gasteiger partial charge is 0.393 e. The first kappa shape index (κ1) is 9.00. The maximum Gasteiger partial charge on any atom is 0.250 e. The fourth-order valence-corrected chi connectivity index (χ4v) is 0.971. The van der Waals surface area contributed by atoms with E-state index < -0.39 is 0 Å². The van der Waals surface area contributed by atoms with Crippen LogP contribution in [-0.4, -0.2) is 15.8 Å². The number of aliphatic hydroxyl groups excluding tert-OH is 1. The predicted molar refractivity (Wildman–Crippen MR) is 47.0 cm³/mol. The van der Waals surface area contributed by atoms with Gasteiger partial charge in [-0.1, -0.05) is 6.07 Å². The van der Waals surface area contributed by atoms with Gasteiger partial charge in [0.15, 0.2) is 0 Å². The second-order valence-corrected chi connectivity index (χ2v) is 2.87. The molecule has 66 valence electrons. The highest BCUT2D eigenvalue weighted by Gasteiger charge is 1.97. The Balaban J connectivity index is 2.64. The van der Waals surface area contributed by atoms with Crippen molar-refractivity contribution in [3.05, 3.63) is 34.7 Å². The smallest absolute Gasteiger partial charge is 0.250 e. The van der Waals surface area contributed by atoms with Crippen molar-refractivity contribution in [2.75, 3.05) is 0 Å². The maximum absolute atomic E-state index is 11.1. The van der Waals surface area contributed by atoms with Gasteiger partial charge in [-0.15, -0.1) is 0 Å². The molecular formula is C9H13NO2. The van der Waals surface area contributed by atoms with Gasteiger partial charge in [-0.2, -0.15) is 0 Å². The number of pyridine rings is 1. The van der Waals surface area contributed by atoms with E-state index in [2.05, 4.69) is 0 Å². The summed E-state index contributed by atoms with van der Waals surface area (Å²) in [4.78, 5) is 11.1. The van der Waals surface area contributed by atoms with Crippen LogP contribution in [0.4, 0.5) is 0 Å². The molecule has 1 rings (SSSR count). The molecule has 0 aromatic carbocycles. The Bertz CT molecular complexity index is 291. The van der Waals surface area contributed by atoms with Crippen molar-refractivity contribution in [1.82, 2.24) is 4.57 Å². The number of aliphatic hydroxyl groups is 1. The molecule has 12 heavy (non-hydrogen) atoms.